The summed E-state index contributed by atoms with van der Waals surface area (Å²) >= 11 is 15.1. The first-order valence-electron chi connectivity index (χ1n) is 17.3. The van der Waals surface area contributed by atoms with Crippen LogP contribution in [-0.4, -0.2) is 12.7 Å². The maximum absolute atomic E-state index is 8.21. The van der Waals surface area contributed by atoms with Gasteiger partial charge in [-0.05, 0) is 122 Å². The molecule has 1 N–H and O–H groups in total. The zero-order chi connectivity index (χ0) is 37.5. The summed E-state index contributed by atoms with van der Waals surface area (Å²) in [6.45, 7) is 0. The second kappa shape index (κ2) is 19.6. The van der Waals surface area contributed by atoms with Crippen molar-refractivity contribution >= 4 is 46.8 Å². The molecule has 54 heavy (non-hydrogen) atoms. The van der Waals surface area contributed by atoms with Crippen molar-refractivity contribution in [1.29, 1.82) is 0 Å². The summed E-state index contributed by atoms with van der Waals surface area (Å²) in [7, 11) is 0.628. The molecule has 6 heteroatoms. The monoisotopic (exact) mass is 803 g/mol. The molecule has 0 aromatic heterocycles. The van der Waals surface area contributed by atoms with E-state index in [1.54, 1.807) is 24.3 Å². The van der Waals surface area contributed by atoms with Crippen LogP contribution in [0.3, 0.4) is 0 Å². The van der Waals surface area contributed by atoms with Gasteiger partial charge in [-0.2, -0.15) is 0 Å². The molecule has 0 saturated carbocycles. The average molecular weight is 805 g/mol. The standard InChI is InChI=1S/C24H17Cl.C18H13Br.C6H5BClO2/c25-24-14-12-19(13-15-24)21-9-5-11-23(17-21)22-10-4-8-20(16-22)18-6-2-1-3-7-18;19-18-11-5-10-17(13-18)16-9-4-8-15(12-16)14-6-2-1-3-7-14;8-5-1-3-6(4-2-5)10-7-9/h1-17H;1-13H;1-4,9H. The normalized spacial score (nSPS) is 10.2. The number of hydrogen-bond donors (Lipinski definition) is 1. The Labute approximate surface area is 336 Å². The van der Waals surface area contributed by atoms with Gasteiger partial charge in [0.1, 0.15) is 5.75 Å². The quantitative estimate of drug-likeness (QED) is 0.163. The van der Waals surface area contributed by atoms with Gasteiger partial charge in [-0.3, -0.25) is 0 Å². The Hall–Kier alpha value is -5.36. The third kappa shape index (κ3) is 11.1. The van der Waals surface area contributed by atoms with Crippen LogP contribution in [0.25, 0.3) is 55.6 Å². The van der Waals surface area contributed by atoms with Crippen LogP contribution in [0, 0.1) is 0 Å². The van der Waals surface area contributed by atoms with Crippen LogP contribution in [0.1, 0.15) is 0 Å². The molecule has 0 aliphatic rings. The molecule has 2 nitrogen and oxygen atoms in total. The molecule has 0 fully saturated rings. The maximum atomic E-state index is 8.21. The number of hydrogen-bond acceptors (Lipinski definition) is 2. The lowest BCUT2D eigenvalue weighted by Gasteiger charge is -2.08. The van der Waals surface area contributed by atoms with E-state index in [0.29, 0.717) is 18.5 Å². The van der Waals surface area contributed by atoms with E-state index in [4.69, 9.17) is 28.2 Å². The molecule has 0 amide bonds. The Morgan fingerprint density at radius 2 is 0.667 bits per heavy atom. The van der Waals surface area contributed by atoms with E-state index in [9.17, 15) is 0 Å². The fourth-order valence-electron chi connectivity index (χ4n) is 5.78. The zero-order valence-electron chi connectivity index (χ0n) is 29.2. The molecule has 0 aliphatic carbocycles. The minimum Gasteiger partial charge on any atom is -0.537 e. The van der Waals surface area contributed by atoms with Gasteiger partial charge >= 0.3 is 7.69 Å². The van der Waals surface area contributed by atoms with Gasteiger partial charge in [0.05, 0.1) is 0 Å². The first kappa shape index (κ1) is 38.4. The van der Waals surface area contributed by atoms with E-state index in [-0.39, 0.29) is 0 Å². The molecule has 263 valence electrons. The highest BCUT2D eigenvalue weighted by Gasteiger charge is 2.05. The Bertz CT molecular complexity index is 2370. The van der Waals surface area contributed by atoms with Crippen LogP contribution in [-0.2, 0) is 0 Å². The highest BCUT2D eigenvalue weighted by atomic mass is 79.9. The van der Waals surface area contributed by atoms with Crippen molar-refractivity contribution in [3.05, 3.63) is 221 Å². The van der Waals surface area contributed by atoms with Crippen molar-refractivity contribution in [1.82, 2.24) is 0 Å². The van der Waals surface area contributed by atoms with Gasteiger partial charge in [0, 0.05) is 14.5 Å². The van der Waals surface area contributed by atoms with Crippen molar-refractivity contribution in [2.45, 2.75) is 0 Å². The van der Waals surface area contributed by atoms with Crippen molar-refractivity contribution in [3.63, 3.8) is 0 Å². The van der Waals surface area contributed by atoms with Crippen molar-refractivity contribution in [3.8, 4) is 61.4 Å². The van der Waals surface area contributed by atoms with Crippen LogP contribution >= 0.6 is 39.1 Å². The van der Waals surface area contributed by atoms with Crippen LogP contribution < -0.4 is 4.65 Å². The summed E-state index contributed by atoms with van der Waals surface area (Å²) < 4.78 is 5.74. The van der Waals surface area contributed by atoms with Gasteiger partial charge in [-0.25, -0.2) is 0 Å². The lowest BCUT2D eigenvalue weighted by Crippen LogP contribution is -1.98. The smallest absolute Gasteiger partial charge is 0.537 e. The zero-order valence-corrected chi connectivity index (χ0v) is 32.3. The fraction of sp³-hybridized carbons (Fsp3) is 0. The molecule has 0 unspecified atom stereocenters. The third-order valence-corrected chi connectivity index (χ3v) is 9.47. The summed E-state index contributed by atoms with van der Waals surface area (Å²) in [5.74, 6) is 0.562. The lowest BCUT2D eigenvalue weighted by atomic mass is 9.96. The molecule has 0 saturated heterocycles. The number of halogens is 3. The average Bonchev–Trinajstić information content (AvgIpc) is 3.23. The minimum atomic E-state index is 0.562. The Kier molecular flexibility index (Phi) is 14.0. The molecule has 0 spiro atoms. The SMILES string of the molecule is Brc1cccc(-c2cccc(-c3ccccc3)c2)c1.Clc1ccc(-c2cccc(-c3cccc(-c4ccccc4)c3)c2)cc1.O[B]Oc1ccc(Cl)cc1. The van der Waals surface area contributed by atoms with E-state index in [1.807, 2.05) is 30.3 Å². The summed E-state index contributed by atoms with van der Waals surface area (Å²) in [5.41, 5.74) is 12.2. The van der Waals surface area contributed by atoms with Gasteiger partial charge in [0.15, 0.2) is 0 Å². The third-order valence-electron chi connectivity index (χ3n) is 8.47. The lowest BCUT2D eigenvalue weighted by molar-refractivity contribution is 0.454. The van der Waals surface area contributed by atoms with Crippen molar-refractivity contribution < 1.29 is 9.68 Å². The first-order chi connectivity index (χ1) is 26.4. The van der Waals surface area contributed by atoms with Gasteiger partial charge in [-0.1, -0.05) is 179 Å². The maximum Gasteiger partial charge on any atom is 0.569 e. The molecular weight excluding hydrogens is 770 g/mol. The van der Waals surface area contributed by atoms with E-state index < -0.39 is 0 Å². The number of benzene rings is 8. The Balaban J connectivity index is 0.000000151. The largest absolute Gasteiger partial charge is 0.569 e. The van der Waals surface area contributed by atoms with Crippen LogP contribution in [0.15, 0.2) is 211 Å². The molecular formula is C48H35BBrCl2O2. The van der Waals surface area contributed by atoms with Crippen molar-refractivity contribution in [2.24, 2.45) is 0 Å². The summed E-state index contributed by atoms with van der Waals surface area (Å²) in [6.07, 6.45) is 0. The Morgan fingerprint density at radius 1 is 0.352 bits per heavy atom. The van der Waals surface area contributed by atoms with Gasteiger partial charge in [0.25, 0.3) is 0 Å². The minimum absolute atomic E-state index is 0.562. The van der Waals surface area contributed by atoms with Gasteiger partial charge in [0.2, 0.25) is 0 Å². The summed E-state index contributed by atoms with van der Waals surface area (Å²) in [5, 5.41) is 9.61. The van der Waals surface area contributed by atoms with E-state index >= 15 is 0 Å². The highest BCUT2D eigenvalue weighted by Crippen LogP contribution is 2.31. The first-order valence-corrected chi connectivity index (χ1v) is 18.8. The number of rotatable bonds is 7. The summed E-state index contributed by atoms with van der Waals surface area (Å²) in [4.78, 5) is 0. The second-order valence-corrected chi connectivity index (χ2v) is 14.0. The molecule has 0 aliphatic heterocycles. The summed E-state index contributed by atoms with van der Waals surface area (Å²) in [6, 6.07) is 69.9. The van der Waals surface area contributed by atoms with Gasteiger partial charge < -0.3 is 9.68 Å². The molecule has 0 bridgehead atoms. The molecule has 8 aromatic carbocycles. The molecule has 0 atom stereocenters. The van der Waals surface area contributed by atoms with Crippen LogP contribution in [0.5, 0.6) is 5.75 Å². The van der Waals surface area contributed by atoms with E-state index in [2.05, 4.69) is 172 Å². The highest BCUT2D eigenvalue weighted by molar-refractivity contribution is 9.10. The van der Waals surface area contributed by atoms with E-state index in [1.165, 1.54) is 55.6 Å². The molecule has 8 aromatic rings. The van der Waals surface area contributed by atoms with Crippen LogP contribution in [0.2, 0.25) is 10.0 Å². The molecule has 8 rings (SSSR count). The molecule has 0 heterocycles. The predicted molar refractivity (Wildman–Crippen MR) is 233 cm³/mol. The fourth-order valence-corrected chi connectivity index (χ4v) is 6.43. The van der Waals surface area contributed by atoms with Gasteiger partial charge in [-0.15, -0.1) is 0 Å². The molecule has 1 radical (unpaired) electrons. The predicted octanol–water partition coefficient (Wildman–Crippen LogP) is 14.4. The Morgan fingerprint density at radius 3 is 1.06 bits per heavy atom. The topological polar surface area (TPSA) is 29.5 Å². The van der Waals surface area contributed by atoms with Crippen LogP contribution in [0.4, 0.5) is 0 Å². The van der Waals surface area contributed by atoms with E-state index in [0.717, 1.165) is 9.50 Å². The van der Waals surface area contributed by atoms with Crippen molar-refractivity contribution in [2.75, 3.05) is 0 Å². The second-order valence-electron chi connectivity index (χ2n) is 12.2.